The van der Waals surface area contributed by atoms with E-state index in [4.69, 9.17) is 0 Å². The summed E-state index contributed by atoms with van der Waals surface area (Å²) in [6.45, 7) is 1.97. The molecule has 1 aromatic carbocycles. The Kier molecular flexibility index (Phi) is 2.86. The lowest BCUT2D eigenvalue weighted by Gasteiger charge is -2.06. The van der Waals surface area contributed by atoms with Crippen LogP contribution in [0.1, 0.15) is 5.56 Å². The molecule has 0 aliphatic heterocycles. The molecule has 5 heteroatoms. The van der Waals surface area contributed by atoms with Crippen LogP contribution in [0.5, 0.6) is 0 Å². The minimum atomic E-state index is -0.296. The topological polar surface area (TPSA) is 69.8 Å². The van der Waals surface area contributed by atoms with Crippen LogP contribution in [0, 0.1) is 6.92 Å². The predicted octanol–water partition coefficient (Wildman–Crippen LogP) is 2.36. The molecule has 1 heterocycles. The monoisotopic (exact) mass is 216 g/mol. The van der Waals surface area contributed by atoms with Gasteiger partial charge in [0.05, 0.1) is 6.20 Å². The number of amides is 2. The van der Waals surface area contributed by atoms with Gasteiger partial charge >= 0.3 is 6.03 Å². The van der Waals surface area contributed by atoms with Gasteiger partial charge in [-0.1, -0.05) is 12.1 Å². The number of carbonyl (C=O) groups is 1. The van der Waals surface area contributed by atoms with E-state index in [1.165, 1.54) is 0 Å². The van der Waals surface area contributed by atoms with Crippen molar-refractivity contribution in [3.05, 3.63) is 42.1 Å². The Balaban J connectivity index is 1.97. The van der Waals surface area contributed by atoms with Crippen LogP contribution < -0.4 is 10.6 Å². The fraction of sp³-hybridized carbons (Fsp3) is 0.0909. The Morgan fingerprint density at radius 3 is 2.88 bits per heavy atom. The van der Waals surface area contributed by atoms with Crippen LogP contribution in [0.2, 0.25) is 0 Å². The molecule has 2 rings (SSSR count). The van der Waals surface area contributed by atoms with Crippen LogP contribution in [-0.2, 0) is 0 Å². The molecular formula is C11H12N4O. The number of aromatic nitrogens is 2. The third kappa shape index (κ3) is 2.60. The number of carbonyl (C=O) groups excluding carboxylic acids is 1. The van der Waals surface area contributed by atoms with Gasteiger partial charge < -0.3 is 5.32 Å². The van der Waals surface area contributed by atoms with Gasteiger partial charge in [0.25, 0.3) is 0 Å². The van der Waals surface area contributed by atoms with E-state index in [0.29, 0.717) is 5.82 Å². The number of urea groups is 1. The molecule has 0 aliphatic rings. The Labute approximate surface area is 92.9 Å². The normalized spacial score (nSPS) is 9.81. The maximum atomic E-state index is 11.5. The molecule has 0 saturated heterocycles. The summed E-state index contributed by atoms with van der Waals surface area (Å²) in [4.78, 5) is 11.5. The van der Waals surface area contributed by atoms with Crippen molar-refractivity contribution in [2.45, 2.75) is 6.92 Å². The zero-order chi connectivity index (χ0) is 11.4. The summed E-state index contributed by atoms with van der Waals surface area (Å²) in [7, 11) is 0. The van der Waals surface area contributed by atoms with Gasteiger partial charge in [-0.25, -0.2) is 4.79 Å². The molecule has 0 unspecified atom stereocenters. The Morgan fingerprint density at radius 1 is 1.31 bits per heavy atom. The van der Waals surface area contributed by atoms with Crippen LogP contribution in [-0.4, -0.2) is 16.2 Å². The number of benzene rings is 1. The number of aryl methyl sites for hydroxylation is 1. The zero-order valence-electron chi connectivity index (χ0n) is 8.82. The fourth-order valence-corrected chi connectivity index (χ4v) is 1.33. The first kappa shape index (κ1) is 10.2. The molecule has 16 heavy (non-hydrogen) atoms. The first-order chi connectivity index (χ1) is 7.74. The van der Waals surface area contributed by atoms with Gasteiger partial charge in [0.15, 0.2) is 0 Å². The lowest BCUT2D eigenvalue weighted by atomic mass is 10.2. The highest BCUT2D eigenvalue weighted by Crippen LogP contribution is 2.10. The molecular weight excluding hydrogens is 204 g/mol. The van der Waals surface area contributed by atoms with Crippen molar-refractivity contribution in [3.63, 3.8) is 0 Å². The Bertz CT molecular complexity index is 478. The number of aromatic amines is 1. The third-order valence-electron chi connectivity index (χ3n) is 2.02. The van der Waals surface area contributed by atoms with Crippen LogP contribution in [0.4, 0.5) is 16.3 Å². The molecule has 5 nitrogen and oxygen atoms in total. The Hall–Kier alpha value is -2.30. The quantitative estimate of drug-likeness (QED) is 0.721. The third-order valence-corrected chi connectivity index (χ3v) is 2.02. The molecule has 3 N–H and O–H groups in total. The summed E-state index contributed by atoms with van der Waals surface area (Å²) >= 11 is 0. The number of H-pyrrole nitrogens is 1. The van der Waals surface area contributed by atoms with E-state index in [1.807, 2.05) is 31.2 Å². The summed E-state index contributed by atoms with van der Waals surface area (Å²) in [6, 6.07) is 8.97. The molecule has 82 valence electrons. The first-order valence-corrected chi connectivity index (χ1v) is 4.88. The lowest BCUT2D eigenvalue weighted by molar-refractivity contribution is 0.262. The predicted molar refractivity (Wildman–Crippen MR) is 62.4 cm³/mol. The molecule has 0 atom stereocenters. The van der Waals surface area contributed by atoms with Gasteiger partial charge in [-0.2, -0.15) is 5.10 Å². The highest BCUT2D eigenvalue weighted by atomic mass is 16.2. The summed E-state index contributed by atoms with van der Waals surface area (Å²) < 4.78 is 0. The summed E-state index contributed by atoms with van der Waals surface area (Å²) in [6.07, 6.45) is 1.57. The van der Waals surface area contributed by atoms with Crippen LogP contribution in [0.15, 0.2) is 36.5 Å². The number of rotatable bonds is 2. The first-order valence-electron chi connectivity index (χ1n) is 4.88. The smallest absolute Gasteiger partial charge is 0.308 e. The van der Waals surface area contributed by atoms with Crippen molar-refractivity contribution in [3.8, 4) is 0 Å². The summed E-state index contributed by atoms with van der Waals surface area (Å²) in [5, 5.41) is 11.7. The summed E-state index contributed by atoms with van der Waals surface area (Å²) in [5.41, 5.74) is 1.86. The minimum absolute atomic E-state index is 0.296. The van der Waals surface area contributed by atoms with Gasteiger partial charge in [-0.3, -0.25) is 10.4 Å². The standard InChI is InChI=1S/C11H12N4O/c1-8-3-2-4-9(7-8)13-11(16)14-10-5-6-12-15-10/h2-7H,1H3,(H3,12,13,14,15,16). The van der Waals surface area contributed by atoms with Gasteiger partial charge in [0.2, 0.25) is 0 Å². The van der Waals surface area contributed by atoms with E-state index >= 15 is 0 Å². The van der Waals surface area contributed by atoms with Gasteiger partial charge in [0, 0.05) is 11.8 Å². The van der Waals surface area contributed by atoms with E-state index in [0.717, 1.165) is 11.3 Å². The molecule has 2 aromatic rings. The van der Waals surface area contributed by atoms with E-state index < -0.39 is 0 Å². The van der Waals surface area contributed by atoms with E-state index in [1.54, 1.807) is 12.3 Å². The number of hydrogen-bond acceptors (Lipinski definition) is 2. The van der Waals surface area contributed by atoms with Crippen molar-refractivity contribution < 1.29 is 4.79 Å². The van der Waals surface area contributed by atoms with Gasteiger partial charge in [0.1, 0.15) is 5.82 Å². The number of nitrogens with one attached hydrogen (secondary N) is 3. The van der Waals surface area contributed by atoms with E-state index in [9.17, 15) is 4.79 Å². The van der Waals surface area contributed by atoms with Crippen molar-refractivity contribution in [1.82, 2.24) is 10.2 Å². The second kappa shape index (κ2) is 4.48. The highest BCUT2D eigenvalue weighted by Gasteiger charge is 2.02. The fourth-order valence-electron chi connectivity index (χ4n) is 1.33. The average molecular weight is 216 g/mol. The maximum Gasteiger partial charge on any atom is 0.324 e. The molecule has 1 aromatic heterocycles. The van der Waals surface area contributed by atoms with Crippen molar-refractivity contribution in [2.24, 2.45) is 0 Å². The SMILES string of the molecule is Cc1cccc(NC(=O)Nc2ccn[nH]2)c1. The largest absolute Gasteiger partial charge is 0.324 e. The molecule has 2 amide bonds. The van der Waals surface area contributed by atoms with Crippen LogP contribution in [0.3, 0.4) is 0 Å². The van der Waals surface area contributed by atoms with Gasteiger partial charge in [-0.05, 0) is 24.6 Å². The van der Waals surface area contributed by atoms with E-state index in [2.05, 4.69) is 20.8 Å². The molecule has 0 radical (unpaired) electrons. The Morgan fingerprint density at radius 2 is 2.19 bits per heavy atom. The van der Waals surface area contributed by atoms with Crippen molar-refractivity contribution >= 4 is 17.5 Å². The molecule has 0 aliphatic carbocycles. The van der Waals surface area contributed by atoms with Crippen molar-refractivity contribution in [2.75, 3.05) is 10.6 Å². The molecule has 0 saturated carbocycles. The lowest BCUT2D eigenvalue weighted by Crippen LogP contribution is -2.19. The average Bonchev–Trinajstić information content (AvgIpc) is 2.70. The number of hydrogen-bond donors (Lipinski definition) is 3. The second-order valence-electron chi connectivity index (χ2n) is 3.42. The van der Waals surface area contributed by atoms with Gasteiger partial charge in [-0.15, -0.1) is 0 Å². The van der Waals surface area contributed by atoms with Crippen LogP contribution in [0.25, 0.3) is 0 Å². The summed E-state index contributed by atoms with van der Waals surface area (Å²) in [5.74, 6) is 0.560. The number of nitrogens with zero attached hydrogens (tertiary/aromatic N) is 1. The molecule has 0 spiro atoms. The number of anilines is 2. The molecule has 0 fully saturated rings. The van der Waals surface area contributed by atoms with E-state index in [-0.39, 0.29) is 6.03 Å². The molecule has 0 bridgehead atoms. The highest BCUT2D eigenvalue weighted by molar-refractivity contribution is 5.99. The van der Waals surface area contributed by atoms with Crippen LogP contribution >= 0.6 is 0 Å². The maximum absolute atomic E-state index is 11.5. The van der Waals surface area contributed by atoms with Crippen molar-refractivity contribution in [1.29, 1.82) is 0 Å². The minimum Gasteiger partial charge on any atom is -0.308 e. The zero-order valence-corrected chi connectivity index (χ0v) is 8.82. The second-order valence-corrected chi connectivity index (χ2v) is 3.42.